The van der Waals surface area contributed by atoms with Crippen molar-refractivity contribution in [1.29, 1.82) is 0 Å². The van der Waals surface area contributed by atoms with Crippen LogP contribution in [0.15, 0.2) is 18.2 Å². The number of methoxy groups -OCH3 is 1. The van der Waals surface area contributed by atoms with E-state index in [2.05, 4.69) is 33.9 Å². The van der Waals surface area contributed by atoms with E-state index in [9.17, 15) is 0 Å². The summed E-state index contributed by atoms with van der Waals surface area (Å²) < 4.78 is 8.02. The van der Waals surface area contributed by atoms with Crippen LogP contribution in [-0.2, 0) is 13.1 Å². The van der Waals surface area contributed by atoms with Crippen LogP contribution >= 0.6 is 11.8 Å². The van der Waals surface area contributed by atoms with E-state index in [1.807, 2.05) is 11.8 Å². The molecule has 0 amide bonds. The SMILES string of the molecule is COc1ccc2c(c1)c1c(n2CCSC)CN2CCC1C2. The maximum absolute atomic E-state index is 5.46. The first-order chi connectivity index (χ1) is 10.3. The molecule has 1 saturated heterocycles. The average Bonchev–Trinajstić information content (AvgIpc) is 3.04. The lowest BCUT2D eigenvalue weighted by Crippen LogP contribution is -2.26. The van der Waals surface area contributed by atoms with Gasteiger partial charge < -0.3 is 9.30 Å². The van der Waals surface area contributed by atoms with Gasteiger partial charge >= 0.3 is 0 Å². The van der Waals surface area contributed by atoms with Gasteiger partial charge in [-0.15, -0.1) is 0 Å². The van der Waals surface area contributed by atoms with Crippen LogP contribution in [-0.4, -0.2) is 41.7 Å². The number of hydrogen-bond donors (Lipinski definition) is 0. The molecule has 2 bridgehead atoms. The minimum absolute atomic E-state index is 0.721. The van der Waals surface area contributed by atoms with Crippen LogP contribution in [0.2, 0.25) is 0 Å². The number of thioether (sulfide) groups is 1. The summed E-state index contributed by atoms with van der Waals surface area (Å²) in [5.41, 5.74) is 4.56. The third kappa shape index (κ3) is 2.08. The molecule has 1 aromatic carbocycles. The Morgan fingerprint density at radius 3 is 3.10 bits per heavy atom. The van der Waals surface area contributed by atoms with Crippen LogP contribution in [0.4, 0.5) is 0 Å². The van der Waals surface area contributed by atoms with Gasteiger partial charge in [0.05, 0.1) is 7.11 Å². The Balaban J connectivity index is 1.92. The fraction of sp³-hybridized carbons (Fsp3) is 0.529. The number of aryl methyl sites for hydroxylation is 1. The van der Waals surface area contributed by atoms with Gasteiger partial charge in [0.2, 0.25) is 0 Å². The molecule has 2 aliphatic rings. The van der Waals surface area contributed by atoms with Crippen molar-refractivity contribution in [2.45, 2.75) is 25.4 Å². The Kier molecular flexibility index (Phi) is 3.38. The molecule has 4 heteroatoms. The molecule has 0 saturated carbocycles. The van der Waals surface area contributed by atoms with Crippen LogP contribution in [0.1, 0.15) is 23.6 Å². The quantitative estimate of drug-likeness (QED) is 0.862. The molecule has 0 aliphatic carbocycles. The Morgan fingerprint density at radius 2 is 2.29 bits per heavy atom. The molecule has 0 radical (unpaired) electrons. The molecule has 3 nitrogen and oxygen atoms in total. The van der Waals surface area contributed by atoms with Crippen molar-refractivity contribution in [3.05, 3.63) is 29.5 Å². The zero-order chi connectivity index (χ0) is 14.4. The zero-order valence-electron chi connectivity index (χ0n) is 12.8. The van der Waals surface area contributed by atoms with E-state index in [1.165, 1.54) is 36.2 Å². The van der Waals surface area contributed by atoms with Crippen molar-refractivity contribution in [3.8, 4) is 5.75 Å². The summed E-state index contributed by atoms with van der Waals surface area (Å²) in [7, 11) is 1.76. The van der Waals surface area contributed by atoms with Crippen molar-refractivity contribution in [1.82, 2.24) is 9.47 Å². The van der Waals surface area contributed by atoms with Gasteiger partial charge in [-0.1, -0.05) is 0 Å². The summed E-state index contributed by atoms with van der Waals surface area (Å²) in [6.07, 6.45) is 3.50. The maximum Gasteiger partial charge on any atom is 0.119 e. The first kappa shape index (κ1) is 13.5. The van der Waals surface area contributed by atoms with E-state index in [0.717, 1.165) is 24.8 Å². The lowest BCUT2D eigenvalue weighted by Gasteiger charge is -2.24. The molecule has 2 unspecified atom stereocenters. The molecule has 21 heavy (non-hydrogen) atoms. The number of hydrogen-bond acceptors (Lipinski definition) is 3. The first-order valence-electron chi connectivity index (χ1n) is 7.72. The molecule has 2 atom stereocenters. The van der Waals surface area contributed by atoms with Crippen molar-refractivity contribution in [3.63, 3.8) is 0 Å². The smallest absolute Gasteiger partial charge is 0.119 e. The summed E-state index contributed by atoms with van der Waals surface area (Å²) in [6, 6.07) is 6.59. The van der Waals surface area contributed by atoms with Crippen molar-refractivity contribution < 1.29 is 4.74 Å². The Hall–Kier alpha value is -1.13. The molecule has 0 N–H and O–H groups in total. The standard InChI is InChI=1S/C17H22N2OS/c1-20-13-3-4-15-14(9-13)17-12-5-6-18(10-12)11-16(17)19(15)7-8-21-2/h3-4,9,12H,5-8,10-11H2,1-2H3. The lowest BCUT2D eigenvalue weighted by molar-refractivity contribution is 0.304. The molecular weight excluding hydrogens is 280 g/mol. The zero-order valence-corrected chi connectivity index (χ0v) is 13.6. The number of rotatable bonds is 4. The molecule has 112 valence electrons. The van der Waals surface area contributed by atoms with Crippen LogP contribution in [0.3, 0.4) is 0 Å². The number of benzene rings is 1. The third-order valence-electron chi connectivity index (χ3n) is 4.99. The summed E-state index contributed by atoms with van der Waals surface area (Å²) in [4.78, 5) is 2.61. The molecule has 4 rings (SSSR count). The van der Waals surface area contributed by atoms with Gasteiger partial charge in [-0.3, -0.25) is 4.90 Å². The highest BCUT2D eigenvalue weighted by Gasteiger charge is 2.35. The summed E-state index contributed by atoms with van der Waals surface area (Å²) >= 11 is 1.92. The van der Waals surface area contributed by atoms with Crippen LogP contribution in [0, 0.1) is 0 Å². The summed E-state index contributed by atoms with van der Waals surface area (Å²) in [5.74, 6) is 2.87. The number of nitrogens with zero attached hydrogens (tertiary/aromatic N) is 2. The predicted molar refractivity (Wildman–Crippen MR) is 89.5 cm³/mol. The molecule has 2 aliphatic heterocycles. The number of aromatic nitrogens is 1. The molecule has 0 spiro atoms. The Morgan fingerprint density at radius 1 is 1.38 bits per heavy atom. The first-order valence-corrected chi connectivity index (χ1v) is 9.11. The van der Waals surface area contributed by atoms with Crippen LogP contribution in [0.5, 0.6) is 5.75 Å². The minimum atomic E-state index is 0.721. The predicted octanol–water partition coefficient (Wildman–Crippen LogP) is 3.32. The Bertz CT molecular complexity index is 679. The molecular formula is C17H22N2OS. The monoisotopic (exact) mass is 302 g/mol. The Labute approximate surface area is 130 Å². The lowest BCUT2D eigenvalue weighted by atomic mass is 9.93. The topological polar surface area (TPSA) is 17.4 Å². The van der Waals surface area contributed by atoms with E-state index in [-0.39, 0.29) is 0 Å². The van der Waals surface area contributed by atoms with Crippen LogP contribution in [0.25, 0.3) is 10.9 Å². The van der Waals surface area contributed by atoms with Gasteiger partial charge in [-0.2, -0.15) is 11.8 Å². The number of fused-ring (bicyclic) bond motifs is 6. The highest BCUT2D eigenvalue weighted by atomic mass is 32.2. The van der Waals surface area contributed by atoms with E-state index in [1.54, 1.807) is 18.4 Å². The molecule has 1 aromatic heterocycles. The number of ether oxygens (including phenoxy) is 1. The van der Waals surface area contributed by atoms with Crippen LogP contribution < -0.4 is 4.74 Å². The second-order valence-corrected chi connectivity index (χ2v) is 7.09. The second-order valence-electron chi connectivity index (χ2n) is 6.11. The van der Waals surface area contributed by atoms with E-state index < -0.39 is 0 Å². The van der Waals surface area contributed by atoms with Gasteiger partial charge in [0.1, 0.15) is 5.75 Å². The van der Waals surface area contributed by atoms with Gasteiger partial charge in [-0.25, -0.2) is 0 Å². The second kappa shape index (κ2) is 5.25. The van der Waals surface area contributed by atoms with Gasteiger partial charge in [-0.05, 0) is 43.0 Å². The van der Waals surface area contributed by atoms with E-state index in [0.29, 0.717) is 0 Å². The van der Waals surface area contributed by atoms with Gasteiger partial charge in [0.25, 0.3) is 0 Å². The van der Waals surface area contributed by atoms with E-state index in [4.69, 9.17) is 4.74 Å². The van der Waals surface area contributed by atoms with Crippen molar-refractivity contribution in [2.75, 3.05) is 32.2 Å². The summed E-state index contributed by atoms with van der Waals surface area (Å²) in [6.45, 7) is 4.73. The fourth-order valence-corrected chi connectivity index (χ4v) is 4.39. The normalized spacial score (nSPS) is 23.5. The highest BCUT2D eigenvalue weighted by Crippen LogP contribution is 2.42. The van der Waals surface area contributed by atoms with Crippen molar-refractivity contribution in [2.24, 2.45) is 0 Å². The fourth-order valence-electron chi connectivity index (χ4n) is 4.03. The average molecular weight is 302 g/mol. The largest absolute Gasteiger partial charge is 0.497 e. The molecule has 1 fully saturated rings. The summed E-state index contributed by atoms with van der Waals surface area (Å²) in [5, 5.41) is 1.43. The molecule has 2 aromatic rings. The van der Waals surface area contributed by atoms with Crippen molar-refractivity contribution >= 4 is 22.7 Å². The van der Waals surface area contributed by atoms with Gasteiger partial charge in [0, 0.05) is 47.9 Å². The maximum atomic E-state index is 5.46. The molecule has 3 heterocycles. The van der Waals surface area contributed by atoms with E-state index >= 15 is 0 Å². The van der Waals surface area contributed by atoms with Gasteiger partial charge in [0.15, 0.2) is 0 Å². The highest BCUT2D eigenvalue weighted by molar-refractivity contribution is 7.98. The minimum Gasteiger partial charge on any atom is -0.497 e. The third-order valence-corrected chi connectivity index (χ3v) is 5.59.